The number of benzene rings is 2. The highest BCUT2D eigenvalue weighted by molar-refractivity contribution is 5.94. The lowest BCUT2D eigenvalue weighted by Gasteiger charge is -2.37. The number of nitrogens with one attached hydrogen (secondary N) is 1. The predicted octanol–water partition coefficient (Wildman–Crippen LogP) is 3.16. The van der Waals surface area contributed by atoms with Gasteiger partial charge < -0.3 is 15.1 Å². The van der Waals surface area contributed by atoms with Gasteiger partial charge in [-0.25, -0.2) is 0 Å². The van der Waals surface area contributed by atoms with Crippen LogP contribution in [0.3, 0.4) is 0 Å². The van der Waals surface area contributed by atoms with Gasteiger partial charge in [0.25, 0.3) is 5.91 Å². The second-order valence-corrected chi connectivity index (χ2v) is 7.53. The summed E-state index contributed by atoms with van der Waals surface area (Å²) in [5.41, 5.74) is 4.47. The molecule has 0 spiro atoms. The summed E-state index contributed by atoms with van der Waals surface area (Å²) >= 11 is 0. The van der Waals surface area contributed by atoms with Gasteiger partial charge in [-0.3, -0.25) is 9.59 Å². The molecule has 1 heterocycles. The second kappa shape index (κ2) is 8.91. The van der Waals surface area contributed by atoms with E-state index in [0.717, 1.165) is 13.1 Å². The molecular formula is C23H29N3O2. The Hall–Kier alpha value is -2.82. The Kier molecular flexibility index (Phi) is 6.34. The van der Waals surface area contributed by atoms with Crippen molar-refractivity contribution in [1.82, 2.24) is 10.2 Å². The summed E-state index contributed by atoms with van der Waals surface area (Å²) in [5.74, 6) is -0.0397. The minimum absolute atomic E-state index is 0.0986. The number of hydrogen-bond donors (Lipinski definition) is 1. The Morgan fingerprint density at radius 1 is 0.964 bits per heavy atom. The van der Waals surface area contributed by atoms with E-state index in [9.17, 15) is 9.59 Å². The van der Waals surface area contributed by atoms with Crippen molar-refractivity contribution in [3.8, 4) is 0 Å². The van der Waals surface area contributed by atoms with Crippen molar-refractivity contribution in [2.45, 2.75) is 33.2 Å². The molecule has 0 saturated carbocycles. The molecule has 0 aliphatic carbocycles. The lowest BCUT2D eigenvalue weighted by molar-refractivity contribution is -0.131. The number of anilines is 1. The first-order valence-electron chi connectivity index (χ1n) is 9.90. The van der Waals surface area contributed by atoms with E-state index in [1.54, 1.807) is 12.1 Å². The molecule has 1 aliphatic heterocycles. The molecule has 0 bridgehead atoms. The predicted molar refractivity (Wildman–Crippen MR) is 113 cm³/mol. The van der Waals surface area contributed by atoms with Crippen LogP contribution in [-0.4, -0.2) is 48.9 Å². The smallest absolute Gasteiger partial charge is 0.251 e. The molecule has 5 nitrogen and oxygen atoms in total. The van der Waals surface area contributed by atoms with E-state index in [1.165, 1.54) is 16.8 Å². The first-order valence-corrected chi connectivity index (χ1v) is 9.90. The third kappa shape index (κ3) is 4.71. The fourth-order valence-electron chi connectivity index (χ4n) is 3.61. The topological polar surface area (TPSA) is 52.6 Å². The number of aryl methyl sites for hydroxylation is 1. The summed E-state index contributed by atoms with van der Waals surface area (Å²) in [6.45, 7) is 9.26. The number of rotatable bonds is 5. The van der Waals surface area contributed by atoms with Crippen LogP contribution in [0.4, 0.5) is 5.69 Å². The van der Waals surface area contributed by atoms with E-state index in [1.807, 2.05) is 30.0 Å². The molecule has 2 aromatic rings. The molecule has 1 atom stereocenters. The van der Waals surface area contributed by atoms with Crippen LogP contribution in [0.25, 0.3) is 0 Å². The van der Waals surface area contributed by atoms with Crippen LogP contribution < -0.4 is 10.2 Å². The van der Waals surface area contributed by atoms with Gasteiger partial charge in [-0.15, -0.1) is 0 Å². The Balaban J connectivity index is 1.49. The number of nitrogens with zero attached hydrogens (tertiary/aromatic N) is 2. The Labute approximate surface area is 167 Å². The van der Waals surface area contributed by atoms with Crippen molar-refractivity contribution in [3.63, 3.8) is 0 Å². The summed E-state index contributed by atoms with van der Waals surface area (Å²) < 4.78 is 0. The molecule has 1 aliphatic rings. The fraction of sp³-hybridized carbons (Fsp3) is 0.391. The number of amides is 2. The number of hydrogen-bond acceptors (Lipinski definition) is 3. The maximum atomic E-state index is 12.6. The number of piperazine rings is 1. The van der Waals surface area contributed by atoms with Gasteiger partial charge in [-0.05, 0) is 50.1 Å². The van der Waals surface area contributed by atoms with E-state index in [0.29, 0.717) is 25.1 Å². The van der Waals surface area contributed by atoms with Crippen LogP contribution in [0, 0.1) is 13.8 Å². The molecule has 3 rings (SSSR count). The molecule has 2 aromatic carbocycles. The normalized spacial score (nSPS) is 15.2. The molecular weight excluding hydrogens is 350 g/mol. The second-order valence-electron chi connectivity index (χ2n) is 7.53. The maximum Gasteiger partial charge on any atom is 0.251 e. The lowest BCUT2D eigenvalue weighted by atomic mass is 10.1. The average Bonchev–Trinajstić information content (AvgIpc) is 2.70. The molecule has 28 heavy (non-hydrogen) atoms. The van der Waals surface area contributed by atoms with Gasteiger partial charge >= 0.3 is 0 Å². The molecule has 1 unspecified atom stereocenters. The summed E-state index contributed by atoms with van der Waals surface area (Å²) in [7, 11) is 0. The highest BCUT2D eigenvalue weighted by Crippen LogP contribution is 2.24. The van der Waals surface area contributed by atoms with Crippen molar-refractivity contribution in [1.29, 1.82) is 0 Å². The zero-order chi connectivity index (χ0) is 20.1. The van der Waals surface area contributed by atoms with E-state index >= 15 is 0 Å². The van der Waals surface area contributed by atoms with E-state index in [4.69, 9.17) is 0 Å². The van der Waals surface area contributed by atoms with Crippen LogP contribution in [0.1, 0.15) is 34.8 Å². The van der Waals surface area contributed by atoms with Gasteiger partial charge in [0.05, 0.1) is 0 Å². The van der Waals surface area contributed by atoms with Crippen LogP contribution in [-0.2, 0) is 4.79 Å². The molecule has 1 N–H and O–H groups in total. The molecule has 0 aromatic heterocycles. The fourth-order valence-corrected chi connectivity index (χ4v) is 3.61. The summed E-state index contributed by atoms with van der Waals surface area (Å²) in [5, 5.41) is 2.92. The Bertz CT molecular complexity index is 827. The summed E-state index contributed by atoms with van der Waals surface area (Å²) in [6, 6.07) is 15.3. The maximum absolute atomic E-state index is 12.6. The van der Waals surface area contributed by atoms with Crippen molar-refractivity contribution < 1.29 is 9.59 Å². The number of carbonyl (C=O) groups excluding carboxylic acids is 2. The first-order chi connectivity index (χ1) is 13.5. The van der Waals surface area contributed by atoms with E-state index < -0.39 is 0 Å². The third-order valence-corrected chi connectivity index (χ3v) is 5.44. The molecule has 5 heteroatoms. The largest absolute Gasteiger partial charge is 0.368 e. The van der Waals surface area contributed by atoms with Crippen LogP contribution >= 0.6 is 0 Å². The van der Waals surface area contributed by atoms with Crippen LogP contribution in [0.2, 0.25) is 0 Å². The monoisotopic (exact) mass is 379 g/mol. The summed E-state index contributed by atoms with van der Waals surface area (Å²) in [4.78, 5) is 29.1. The SMILES string of the molecule is Cc1cccc(N2CCN(C(=O)CC(C)NC(=O)c3ccccc3)CC2)c1C. The Morgan fingerprint density at radius 2 is 1.64 bits per heavy atom. The van der Waals surface area contributed by atoms with Crippen molar-refractivity contribution in [3.05, 3.63) is 65.2 Å². The zero-order valence-electron chi connectivity index (χ0n) is 16.9. The van der Waals surface area contributed by atoms with Crippen LogP contribution in [0.5, 0.6) is 0 Å². The quantitative estimate of drug-likeness (QED) is 0.868. The minimum atomic E-state index is -0.197. The highest BCUT2D eigenvalue weighted by atomic mass is 16.2. The Morgan fingerprint density at radius 3 is 2.32 bits per heavy atom. The molecule has 2 amide bonds. The van der Waals surface area contributed by atoms with Gasteiger partial charge in [0, 0.05) is 49.9 Å². The van der Waals surface area contributed by atoms with Gasteiger partial charge in [-0.1, -0.05) is 30.3 Å². The molecule has 1 saturated heterocycles. The van der Waals surface area contributed by atoms with Gasteiger partial charge in [0.1, 0.15) is 0 Å². The van der Waals surface area contributed by atoms with E-state index in [2.05, 4.69) is 42.3 Å². The summed E-state index contributed by atoms with van der Waals surface area (Å²) in [6.07, 6.45) is 0.321. The van der Waals surface area contributed by atoms with Gasteiger partial charge in [-0.2, -0.15) is 0 Å². The zero-order valence-corrected chi connectivity index (χ0v) is 16.9. The standard InChI is InChI=1S/C23H29N3O2/c1-17-8-7-11-21(19(17)3)25-12-14-26(15-13-25)22(27)16-18(2)24-23(28)20-9-5-4-6-10-20/h4-11,18H,12-16H2,1-3H3,(H,24,28). The minimum Gasteiger partial charge on any atom is -0.368 e. The van der Waals surface area contributed by atoms with Gasteiger partial charge in [0.2, 0.25) is 5.91 Å². The van der Waals surface area contributed by atoms with Gasteiger partial charge in [0.15, 0.2) is 0 Å². The number of carbonyl (C=O) groups is 2. The van der Waals surface area contributed by atoms with Crippen molar-refractivity contribution in [2.24, 2.45) is 0 Å². The molecule has 0 radical (unpaired) electrons. The average molecular weight is 380 g/mol. The van der Waals surface area contributed by atoms with Crippen LogP contribution in [0.15, 0.2) is 48.5 Å². The lowest BCUT2D eigenvalue weighted by Crippen LogP contribution is -2.50. The highest BCUT2D eigenvalue weighted by Gasteiger charge is 2.24. The van der Waals surface area contributed by atoms with Crippen molar-refractivity contribution >= 4 is 17.5 Å². The van der Waals surface area contributed by atoms with Crippen molar-refractivity contribution in [2.75, 3.05) is 31.1 Å². The van der Waals surface area contributed by atoms with E-state index in [-0.39, 0.29) is 17.9 Å². The third-order valence-electron chi connectivity index (χ3n) is 5.44. The molecule has 1 fully saturated rings. The first kappa shape index (κ1) is 19.9. The molecule has 148 valence electrons.